The molecular weight excluding hydrogens is 228 g/mol. The van der Waals surface area contributed by atoms with Crippen molar-refractivity contribution in [3.8, 4) is 0 Å². The fraction of sp³-hybridized carbons (Fsp3) is 0.857. The van der Waals surface area contributed by atoms with Crippen LogP contribution in [0.15, 0.2) is 0 Å². The van der Waals surface area contributed by atoms with Gasteiger partial charge in [0.25, 0.3) is 0 Å². The van der Waals surface area contributed by atoms with E-state index in [1.54, 1.807) is 0 Å². The van der Waals surface area contributed by atoms with Gasteiger partial charge < -0.3 is 4.74 Å². The molecule has 0 spiro atoms. The lowest BCUT2D eigenvalue weighted by Crippen LogP contribution is -2.27. The van der Waals surface area contributed by atoms with Gasteiger partial charge in [-0.15, -0.1) is 0 Å². The van der Waals surface area contributed by atoms with Crippen molar-refractivity contribution < 1.29 is 22.2 Å². The Hall–Kier alpha value is -0.430. The van der Waals surface area contributed by atoms with E-state index < -0.39 is 31.9 Å². The molecule has 0 saturated carbocycles. The van der Waals surface area contributed by atoms with Gasteiger partial charge in [-0.2, -0.15) is 0 Å². The van der Waals surface area contributed by atoms with Crippen molar-refractivity contribution >= 4 is 26.6 Å². The number of ether oxygens (including phenoxy) is 1. The molecule has 0 aromatic heterocycles. The minimum Gasteiger partial charge on any atom is -0.468 e. The second-order valence-electron chi connectivity index (χ2n) is 2.88. The van der Waals surface area contributed by atoms with E-state index in [1.807, 2.05) is 0 Å². The van der Waals surface area contributed by atoms with Gasteiger partial charge in [0.15, 0.2) is 0 Å². The second-order valence-corrected chi connectivity index (χ2v) is 7.02. The monoisotopic (exact) mass is 242 g/mol. The summed E-state index contributed by atoms with van der Waals surface area (Å²) in [5.74, 6) is -0.799. The van der Waals surface area contributed by atoms with Crippen LogP contribution in [0.25, 0.3) is 0 Å². The van der Waals surface area contributed by atoms with Crippen LogP contribution in [-0.2, 0) is 30.2 Å². The highest BCUT2D eigenvalue weighted by Gasteiger charge is 2.21. The largest absolute Gasteiger partial charge is 0.468 e. The SMILES string of the molecule is COC(=O)C(C)S(=O)CCS(C)(=O)=O. The summed E-state index contributed by atoms with van der Waals surface area (Å²) in [7, 11) is -3.42. The molecule has 0 rings (SSSR count). The van der Waals surface area contributed by atoms with Crippen LogP contribution in [0.3, 0.4) is 0 Å². The zero-order chi connectivity index (χ0) is 11.4. The van der Waals surface area contributed by atoms with E-state index in [2.05, 4.69) is 4.74 Å². The van der Waals surface area contributed by atoms with E-state index in [4.69, 9.17) is 0 Å². The number of rotatable bonds is 5. The Morgan fingerprint density at radius 2 is 2.00 bits per heavy atom. The number of carbonyl (C=O) groups is 1. The van der Waals surface area contributed by atoms with Gasteiger partial charge in [0.05, 0.1) is 12.9 Å². The topological polar surface area (TPSA) is 77.5 Å². The van der Waals surface area contributed by atoms with Crippen LogP contribution in [-0.4, -0.2) is 48.7 Å². The molecule has 84 valence electrons. The van der Waals surface area contributed by atoms with Crippen LogP contribution in [0.1, 0.15) is 6.92 Å². The van der Waals surface area contributed by atoms with Crippen molar-refractivity contribution in [1.29, 1.82) is 0 Å². The minimum atomic E-state index is -3.13. The van der Waals surface area contributed by atoms with Gasteiger partial charge >= 0.3 is 5.97 Å². The van der Waals surface area contributed by atoms with Gasteiger partial charge in [0, 0.05) is 22.8 Å². The molecule has 0 N–H and O–H groups in total. The molecule has 14 heavy (non-hydrogen) atoms. The van der Waals surface area contributed by atoms with E-state index in [9.17, 15) is 17.4 Å². The second kappa shape index (κ2) is 5.45. The van der Waals surface area contributed by atoms with E-state index in [0.29, 0.717) is 0 Å². The molecule has 0 fully saturated rings. The van der Waals surface area contributed by atoms with Gasteiger partial charge in [-0.25, -0.2) is 8.42 Å². The van der Waals surface area contributed by atoms with Crippen LogP contribution in [0, 0.1) is 0 Å². The molecule has 5 nitrogen and oxygen atoms in total. The van der Waals surface area contributed by atoms with Crippen LogP contribution < -0.4 is 0 Å². The van der Waals surface area contributed by atoms with E-state index in [-0.39, 0.29) is 11.5 Å². The summed E-state index contributed by atoms with van der Waals surface area (Å²) in [5, 5.41) is -0.776. The molecule has 0 aliphatic carbocycles. The highest BCUT2D eigenvalue weighted by molar-refractivity contribution is 7.92. The Morgan fingerprint density at radius 3 is 2.36 bits per heavy atom. The van der Waals surface area contributed by atoms with Gasteiger partial charge in [0.2, 0.25) is 0 Å². The quantitative estimate of drug-likeness (QED) is 0.598. The van der Waals surface area contributed by atoms with Crippen LogP contribution in [0.5, 0.6) is 0 Å². The van der Waals surface area contributed by atoms with E-state index in [1.165, 1.54) is 14.0 Å². The molecule has 0 saturated heterocycles. The van der Waals surface area contributed by atoms with E-state index in [0.717, 1.165) is 6.26 Å². The zero-order valence-electron chi connectivity index (χ0n) is 8.35. The molecule has 0 heterocycles. The highest BCUT2D eigenvalue weighted by Crippen LogP contribution is 1.99. The molecule has 0 radical (unpaired) electrons. The maximum Gasteiger partial charge on any atom is 0.321 e. The molecule has 0 bridgehead atoms. The van der Waals surface area contributed by atoms with Crippen molar-refractivity contribution in [3.63, 3.8) is 0 Å². The molecule has 0 amide bonds. The van der Waals surface area contributed by atoms with Crippen molar-refractivity contribution in [2.24, 2.45) is 0 Å². The van der Waals surface area contributed by atoms with Gasteiger partial charge in [-0.3, -0.25) is 9.00 Å². The summed E-state index contributed by atoms with van der Waals surface area (Å²) < 4.78 is 37.2. The number of sulfone groups is 1. The molecule has 7 heteroatoms. The summed E-state index contributed by atoms with van der Waals surface area (Å²) in [5.41, 5.74) is 0. The fourth-order valence-electron chi connectivity index (χ4n) is 0.684. The molecule has 2 atom stereocenters. The number of hydrogen-bond acceptors (Lipinski definition) is 5. The third-order valence-electron chi connectivity index (χ3n) is 1.58. The van der Waals surface area contributed by atoms with Gasteiger partial charge in [-0.05, 0) is 6.92 Å². The maximum atomic E-state index is 11.3. The fourth-order valence-corrected chi connectivity index (χ4v) is 3.22. The van der Waals surface area contributed by atoms with Crippen molar-refractivity contribution in [2.75, 3.05) is 24.9 Å². The Bertz CT molecular complexity index is 319. The molecule has 2 unspecified atom stereocenters. The first kappa shape index (κ1) is 13.6. The summed E-state index contributed by atoms with van der Waals surface area (Å²) in [4.78, 5) is 10.9. The molecule has 0 aromatic carbocycles. The molecule has 0 aliphatic rings. The third-order valence-corrected chi connectivity index (χ3v) is 4.37. The first-order chi connectivity index (χ1) is 6.28. The van der Waals surface area contributed by atoms with Gasteiger partial charge in [0.1, 0.15) is 15.1 Å². The lowest BCUT2D eigenvalue weighted by atomic mass is 10.5. The minimum absolute atomic E-state index is 0.0326. The lowest BCUT2D eigenvalue weighted by molar-refractivity contribution is -0.139. The van der Waals surface area contributed by atoms with E-state index >= 15 is 0 Å². The summed E-state index contributed by atoms with van der Waals surface area (Å²) >= 11 is 0. The number of carbonyl (C=O) groups excluding carboxylic acids is 1. The number of hydrogen-bond donors (Lipinski definition) is 0. The number of methoxy groups -OCH3 is 1. The Labute approximate surface area is 86.2 Å². The summed E-state index contributed by atoms with van der Waals surface area (Å²) in [6.45, 7) is 1.45. The molecular formula is C7H14O5S2. The predicted molar refractivity (Wildman–Crippen MR) is 54.2 cm³/mol. The normalized spacial score (nSPS) is 15.9. The highest BCUT2D eigenvalue weighted by atomic mass is 32.2. The first-order valence-corrected chi connectivity index (χ1v) is 7.35. The lowest BCUT2D eigenvalue weighted by Gasteiger charge is -2.07. The van der Waals surface area contributed by atoms with Crippen molar-refractivity contribution in [1.82, 2.24) is 0 Å². The Kier molecular flexibility index (Phi) is 5.28. The Balaban J connectivity index is 4.17. The smallest absolute Gasteiger partial charge is 0.321 e. The van der Waals surface area contributed by atoms with Crippen LogP contribution >= 0.6 is 0 Å². The standard InChI is InChI=1S/C7H14O5S2/c1-6(7(8)12-2)13(9)4-5-14(3,10)11/h6H,4-5H2,1-3H3. The zero-order valence-corrected chi connectivity index (χ0v) is 9.98. The van der Waals surface area contributed by atoms with Crippen molar-refractivity contribution in [3.05, 3.63) is 0 Å². The summed E-state index contributed by atoms with van der Waals surface area (Å²) in [6.07, 6.45) is 1.06. The van der Waals surface area contributed by atoms with Crippen LogP contribution in [0.2, 0.25) is 0 Å². The average Bonchev–Trinajstić information content (AvgIpc) is 2.10. The van der Waals surface area contributed by atoms with Crippen molar-refractivity contribution in [2.45, 2.75) is 12.2 Å². The third kappa shape index (κ3) is 5.33. The molecule has 0 aliphatic heterocycles. The van der Waals surface area contributed by atoms with Gasteiger partial charge in [-0.1, -0.05) is 0 Å². The predicted octanol–water partition coefficient (Wildman–Crippen LogP) is -0.659. The average molecular weight is 242 g/mol. The Morgan fingerprint density at radius 1 is 1.50 bits per heavy atom. The number of esters is 1. The molecule has 0 aromatic rings. The van der Waals surface area contributed by atoms with Crippen LogP contribution in [0.4, 0.5) is 0 Å². The maximum absolute atomic E-state index is 11.3. The first-order valence-electron chi connectivity index (χ1n) is 3.90. The summed E-state index contributed by atoms with van der Waals surface area (Å²) in [6, 6.07) is 0.